The average Bonchev–Trinajstić information content (AvgIpc) is 0.901. The zero-order chi connectivity index (χ0) is 82.7. The first-order valence-electron chi connectivity index (χ1n) is 45.6. The molecule has 14 nitrogen and oxygen atoms in total. The minimum absolute atomic E-state index is 0.0267. The molecular formula is C96H176O14. The lowest BCUT2D eigenvalue weighted by molar-refractivity contribution is -0.148. The van der Waals surface area contributed by atoms with Gasteiger partial charge in [-0.05, 0) is 157 Å². The molecule has 0 aliphatic rings. The van der Waals surface area contributed by atoms with Gasteiger partial charge in [0.15, 0.2) is 0 Å². The lowest BCUT2D eigenvalue weighted by Crippen LogP contribution is -2.11. The van der Waals surface area contributed by atoms with Crippen molar-refractivity contribution in [3.05, 3.63) is 59.7 Å². The van der Waals surface area contributed by atoms with Crippen LogP contribution in [0.4, 0.5) is 0 Å². The van der Waals surface area contributed by atoms with Crippen LogP contribution in [-0.2, 0) is 47.6 Å². The Labute approximate surface area is 677 Å². The molecule has 110 heavy (non-hydrogen) atoms. The fourth-order valence-corrected chi connectivity index (χ4v) is 12.2. The fourth-order valence-electron chi connectivity index (χ4n) is 12.2. The third-order valence-electron chi connectivity index (χ3n) is 18.3. The molecule has 0 radical (unpaired) electrons. The summed E-state index contributed by atoms with van der Waals surface area (Å²) < 4.78 is 30.4. The summed E-state index contributed by atoms with van der Waals surface area (Å²) >= 11 is 0. The van der Waals surface area contributed by atoms with Crippen molar-refractivity contribution in [1.29, 1.82) is 0 Å². The first-order valence-corrected chi connectivity index (χ1v) is 45.6. The number of phenols is 2. The van der Waals surface area contributed by atoms with Crippen LogP contribution in [0.5, 0.6) is 11.5 Å². The minimum atomic E-state index is -0.366. The van der Waals surface area contributed by atoms with Gasteiger partial charge in [0.1, 0.15) is 11.5 Å². The Morgan fingerprint density at radius 1 is 0.209 bits per heavy atom. The second-order valence-electron chi connectivity index (χ2n) is 32.1. The maximum Gasteiger partial charge on any atom is 0.338 e. The highest BCUT2D eigenvalue weighted by atomic mass is 16.6. The molecule has 2 N–H and O–H groups in total. The minimum Gasteiger partial charge on any atom is -0.508 e. The number of unbranched alkanes of at least 4 members (excludes halogenated alkanes) is 48. The molecule has 0 bridgehead atoms. The number of carbonyl (C=O) groups is 6. The van der Waals surface area contributed by atoms with Crippen molar-refractivity contribution in [2.24, 2.45) is 0 Å². The predicted molar refractivity (Wildman–Crippen MR) is 463 cm³/mol. The van der Waals surface area contributed by atoms with Crippen molar-refractivity contribution in [3.8, 4) is 11.5 Å². The Morgan fingerprint density at radius 3 is 0.464 bits per heavy atom. The van der Waals surface area contributed by atoms with Gasteiger partial charge in [-0.3, -0.25) is 19.2 Å². The van der Waals surface area contributed by atoms with E-state index in [0.29, 0.717) is 36.8 Å². The molecule has 0 saturated carbocycles. The SMILES string of the molecule is CC(C)OC(=O)c1ccc(O)cc1.CC(C)OC(=O)c1ccc(O)cc1.CCCCCCCCCCCCCC(=O)OC(C)C.CCCCCCCCCCCCCC(=O)OC(C)C.CCCCCCCCCCCCCCCCCC(=O)OC(C)C.CCCCCCCCCCCCCCCCCC(=O)OC(C)C. The van der Waals surface area contributed by atoms with Gasteiger partial charge in [-0.1, -0.05) is 336 Å². The molecule has 2 aromatic rings. The summed E-state index contributed by atoms with van der Waals surface area (Å²) in [5.41, 5.74) is 0.901. The highest BCUT2D eigenvalue weighted by Gasteiger charge is 2.12. The monoisotopic (exact) mass is 1550 g/mol. The van der Waals surface area contributed by atoms with Gasteiger partial charge >= 0.3 is 35.8 Å². The number of rotatable bonds is 64. The van der Waals surface area contributed by atoms with Crippen molar-refractivity contribution in [2.45, 2.75) is 507 Å². The van der Waals surface area contributed by atoms with Crippen LogP contribution < -0.4 is 0 Å². The highest BCUT2D eigenvalue weighted by molar-refractivity contribution is 5.90. The van der Waals surface area contributed by atoms with Crippen LogP contribution in [0.25, 0.3) is 0 Å². The molecule has 2 rings (SSSR count). The molecule has 0 atom stereocenters. The van der Waals surface area contributed by atoms with Gasteiger partial charge in [-0.15, -0.1) is 0 Å². The number of carbonyl (C=O) groups excluding carboxylic acids is 6. The predicted octanol–water partition coefficient (Wildman–Crippen LogP) is 29.6. The summed E-state index contributed by atoms with van der Waals surface area (Å²) in [5, 5.41) is 17.9. The molecule has 0 aromatic heterocycles. The van der Waals surface area contributed by atoms with E-state index in [9.17, 15) is 28.8 Å². The van der Waals surface area contributed by atoms with E-state index in [4.69, 9.17) is 38.6 Å². The van der Waals surface area contributed by atoms with E-state index < -0.39 is 0 Å². The Hall–Kier alpha value is -5.14. The maximum atomic E-state index is 11.4. The molecule has 0 saturated heterocycles. The highest BCUT2D eigenvalue weighted by Crippen LogP contribution is 2.20. The van der Waals surface area contributed by atoms with E-state index >= 15 is 0 Å². The molecule has 0 heterocycles. The van der Waals surface area contributed by atoms with Crippen LogP contribution in [0, 0.1) is 0 Å². The molecule has 0 unspecified atom stereocenters. The lowest BCUT2D eigenvalue weighted by Gasteiger charge is -2.07. The molecule has 0 aliphatic heterocycles. The average molecular weight is 1550 g/mol. The molecule has 644 valence electrons. The fraction of sp³-hybridized carbons (Fsp3) is 0.812. The van der Waals surface area contributed by atoms with E-state index in [-0.39, 0.29) is 83.9 Å². The number of benzene rings is 2. The maximum absolute atomic E-state index is 11.4. The van der Waals surface area contributed by atoms with Crippen molar-refractivity contribution in [3.63, 3.8) is 0 Å². The van der Waals surface area contributed by atoms with Gasteiger partial charge in [0.2, 0.25) is 0 Å². The second kappa shape index (κ2) is 86.3. The quantitative estimate of drug-likeness (QED) is 0.0360. The van der Waals surface area contributed by atoms with E-state index in [1.807, 2.05) is 55.4 Å². The van der Waals surface area contributed by atoms with Crippen LogP contribution in [-0.4, -0.2) is 82.7 Å². The lowest BCUT2D eigenvalue weighted by atomic mass is 10.0. The third-order valence-corrected chi connectivity index (χ3v) is 18.3. The smallest absolute Gasteiger partial charge is 0.338 e. The van der Waals surface area contributed by atoms with E-state index in [2.05, 4.69) is 27.7 Å². The molecule has 0 amide bonds. The molecule has 0 aliphatic carbocycles. The van der Waals surface area contributed by atoms with Gasteiger partial charge in [0, 0.05) is 25.7 Å². The summed E-state index contributed by atoms with van der Waals surface area (Å²) in [4.78, 5) is 67.8. The van der Waals surface area contributed by atoms with Gasteiger partial charge in [-0.25, -0.2) is 9.59 Å². The van der Waals surface area contributed by atoms with Crippen molar-refractivity contribution in [2.75, 3.05) is 0 Å². The normalized spacial score (nSPS) is 10.8. The Kier molecular flexibility index (Phi) is 87.2. The Morgan fingerprint density at radius 2 is 0.336 bits per heavy atom. The molecule has 2 aromatic carbocycles. The Balaban J connectivity index is -0.000000620. The van der Waals surface area contributed by atoms with Crippen LogP contribution in [0.1, 0.15) is 491 Å². The number of hydrogen-bond acceptors (Lipinski definition) is 14. The van der Waals surface area contributed by atoms with E-state index in [0.717, 1.165) is 25.7 Å². The van der Waals surface area contributed by atoms with Crippen LogP contribution >= 0.6 is 0 Å². The molecule has 0 fully saturated rings. The van der Waals surface area contributed by atoms with Gasteiger partial charge in [0.05, 0.1) is 47.8 Å². The molecular weight excluding hydrogens is 1380 g/mol. The van der Waals surface area contributed by atoms with E-state index in [1.54, 1.807) is 27.7 Å². The van der Waals surface area contributed by atoms with Crippen LogP contribution in [0.2, 0.25) is 0 Å². The largest absolute Gasteiger partial charge is 0.508 e. The summed E-state index contributed by atoms with van der Waals surface area (Å²) in [6, 6.07) is 11.9. The number of aromatic hydroxyl groups is 2. The first kappa shape index (κ1) is 111. The topological polar surface area (TPSA) is 198 Å². The molecule has 14 heteroatoms. The van der Waals surface area contributed by atoms with Crippen LogP contribution in [0.3, 0.4) is 0 Å². The summed E-state index contributed by atoms with van der Waals surface area (Å²) in [6.07, 6.45) is 71.8. The number of ether oxygens (including phenoxy) is 6. The first-order chi connectivity index (χ1) is 52.8. The van der Waals surface area contributed by atoms with Gasteiger partial charge < -0.3 is 38.6 Å². The number of esters is 6. The van der Waals surface area contributed by atoms with Crippen molar-refractivity contribution < 1.29 is 67.4 Å². The van der Waals surface area contributed by atoms with Gasteiger partial charge in [-0.2, -0.15) is 0 Å². The second-order valence-corrected chi connectivity index (χ2v) is 32.1. The number of phenolic OH excluding ortho intramolecular Hbond substituents is 2. The summed E-state index contributed by atoms with van der Waals surface area (Å²) in [7, 11) is 0. The van der Waals surface area contributed by atoms with Gasteiger partial charge in [0.25, 0.3) is 0 Å². The number of hydrogen-bond donors (Lipinski definition) is 2. The van der Waals surface area contributed by atoms with Crippen molar-refractivity contribution in [1.82, 2.24) is 0 Å². The zero-order valence-electron chi connectivity index (χ0n) is 74.5. The third kappa shape index (κ3) is 93.5. The Bertz CT molecular complexity index is 2130. The van der Waals surface area contributed by atoms with Crippen molar-refractivity contribution >= 4 is 35.8 Å². The summed E-state index contributed by atoms with van der Waals surface area (Å²) in [6.45, 7) is 31.5. The van der Waals surface area contributed by atoms with Crippen LogP contribution in [0.15, 0.2) is 48.5 Å². The molecule has 0 spiro atoms. The zero-order valence-corrected chi connectivity index (χ0v) is 74.5. The standard InChI is InChI=1S/2C21H42O2.2C17H34O2.2C10H12O3/c2*1-4-5-6-7-8-9-10-11-12-13-14-15-16-17-18-19-21(22)23-20(2)3;2*1-4-5-6-7-8-9-10-11-12-13-14-15-17(18)19-16(2)3;2*1-7(2)13-10(12)8-3-5-9(11)6-4-8/h2*20H,4-19H2,1-3H3;2*16H,4-15H2,1-3H3;2*3-7,11H,1-2H3. The summed E-state index contributed by atoms with van der Waals surface area (Å²) in [5.74, 6) is -0.589. The van der Waals surface area contributed by atoms with E-state index in [1.165, 1.54) is 357 Å².